The maximum atomic E-state index is 11.5. The average molecular weight is 324 g/mol. The summed E-state index contributed by atoms with van der Waals surface area (Å²) in [6.07, 6.45) is 0. The lowest BCUT2D eigenvalue weighted by Gasteiger charge is -2.18. The van der Waals surface area contributed by atoms with Crippen molar-refractivity contribution in [3.8, 4) is 0 Å². The second-order valence-electron chi connectivity index (χ2n) is 5.65. The number of nitrogens with zero attached hydrogens (tertiary/aromatic N) is 2. The Balaban J connectivity index is 1.97. The van der Waals surface area contributed by atoms with Crippen molar-refractivity contribution in [3.05, 3.63) is 71.3 Å². The summed E-state index contributed by atoms with van der Waals surface area (Å²) in [5.41, 5.74) is 2.93. The lowest BCUT2D eigenvalue weighted by molar-refractivity contribution is 0.0963. The smallest absolute Gasteiger partial charge is 0.251 e. The summed E-state index contributed by atoms with van der Waals surface area (Å²) < 4.78 is 0. The van der Waals surface area contributed by atoms with Crippen LogP contribution in [0, 0.1) is 0 Å². The number of rotatable bonds is 5. The van der Waals surface area contributed by atoms with Crippen LogP contribution in [0.5, 0.6) is 0 Å². The second kappa shape index (κ2) is 8.72. The van der Waals surface area contributed by atoms with Gasteiger partial charge in [-0.05, 0) is 23.3 Å². The summed E-state index contributed by atoms with van der Waals surface area (Å²) in [5.74, 6) is 0.752. The van der Waals surface area contributed by atoms with Gasteiger partial charge in [0.25, 0.3) is 5.91 Å². The van der Waals surface area contributed by atoms with Crippen molar-refractivity contribution in [1.82, 2.24) is 15.5 Å². The molecule has 0 radical (unpaired) electrons. The van der Waals surface area contributed by atoms with Crippen LogP contribution in [0.4, 0.5) is 0 Å². The Kier molecular flexibility index (Phi) is 6.37. The van der Waals surface area contributed by atoms with Gasteiger partial charge in [0.1, 0.15) is 0 Å². The van der Waals surface area contributed by atoms with Gasteiger partial charge >= 0.3 is 0 Å². The Morgan fingerprint density at radius 3 is 2.25 bits per heavy atom. The Labute approximate surface area is 143 Å². The lowest BCUT2D eigenvalue weighted by Crippen LogP contribution is -2.36. The Morgan fingerprint density at radius 2 is 1.67 bits per heavy atom. The van der Waals surface area contributed by atoms with Gasteiger partial charge in [0, 0.05) is 33.3 Å². The molecule has 0 aliphatic heterocycles. The highest BCUT2D eigenvalue weighted by Gasteiger charge is 2.04. The molecule has 0 fully saturated rings. The van der Waals surface area contributed by atoms with Gasteiger partial charge in [-0.3, -0.25) is 4.79 Å². The normalized spacial score (nSPS) is 11.0. The zero-order valence-corrected chi connectivity index (χ0v) is 14.4. The lowest BCUT2D eigenvalue weighted by atomic mass is 10.1. The number of hydrogen-bond acceptors (Lipinski definition) is 2. The molecule has 0 aromatic heterocycles. The number of hydrogen-bond donors (Lipinski definition) is 2. The maximum absolute atomic E-state index is 11.5. The zero-order valence-electron chi connectivity index (χ0n) is 14.4. The van der Waals surface area contributed by atoms with Crippen molar-refractivity contribution in [3.63, 3.8) is 0 Å². The van der Waals surface area contributed by atoms with Gasteiger partial charge in [-0.15, -0.1) is 0 Å². The monoisotopic (exact) mass is 324 g/mol. The van der Waals surface area contributed by atoms with E-state index in [9.17, 15) is 4.79 Å². The summed E-state index contributed by atoms with van der Waals surface area (Å²) in [5, 5.41) is 5.96. The largest absolute Gasteiger partial charge is 0.355 e. The summed E-state index contributed by atoms with van der Waals surface area (Å²) in [7, 11) is 5.56. The first-order valence-corrected chi connectivity index (χ1v) is 7.90. The molecule has 2 N–H and O–H groups in total. The van der Waals surface area contributed by atoms with Crippen LogP contribution < -0.4 is 10.6 Å². The SMILES string of the molecule is CNC(=O)c1ccc(CNC(=NCc2ccccc2)N(C)C)cc1. The standard InChI is InChI=1S/C19H24N4O/c1-20-18(24)17-11-9-16(10-12-17)14-22-19(23(2)3)21-13-15-7-5-4-6-8-15/h4-12H,13-14H2,1-3H3,(H,20,24)(H,21,22). The molecule has 1 amide bonds. The summed E-state index contributed by atoms with van der Waals surface area (Å²) in [6, 6.07) is 17.7. The van der Waals surface area contributed by atoms with Gasteiger partial charge in [-0.25, -0.2) is 4.99 Å². The number of benzene rings is 2. The number of guanidine groups is 1. The molecule has 0 aliphatic carbocycles. The maximum Gasteiger partial charge on any atom is 0.251 e. The van der Waals surface area contributed by atoms with Crippen molar-refractivity contribution in [2.45, 2.75) is 13.1 Å². The third kappa shape index (κ3) is 5.12. The van der Waals surface area contributed by atoms with Crippen LogP contribution in [0.15, 0.2) is 59.6 Å². The van der Waals surface area contributed by atoms with E-state index < -0.39 is 0 Å². The first-order chi connectivity index (χ1) is 11.6. The van der Waals surface area contributed by atoms with Crippen LogP contribution in [0.3, 0.4) is 0 Å². The van der Waals surface area contributed by atoms with E-state index >= 15 is 0 Å². The minimum absolute atomic E-state index is 0.0760. The van der Waals surface area contributed by atoms with E-state index in [1.54, 1.807) is 7.05 Å². The van der Waals surface area contributed by atoms with Crippen molar-refractivity contribution in [2.75, 3.05) is 21.1 Å². The van der Waals surface area contributed by atoms with Gasteiger partial charge in [-0.2, -0.15) is 0 Å². The van der Waals surface area contributed by atoms with Gasteiger partial charge in [0.15, 0.2) is 5.96 Å². The van der Waals surface area contributed by atoms with Crippen molar-refractivity contribution < 1.29 is 4.79 Å². The Hall–Kier alpha value is -2.82. The van der Waals surface area contributed by atoms with Gasteiger partial charge < -0.3 is 15.5 Å². The predicted molar refractivity (Wildman–Crippen MR) is 97.9 cm³/mol. The molecule has 0 atom stereocenters. The number of carbonyl (C=O) groups is 1. The molecule has 0 spiro atoms. The van der Waals surface area contributed by atoms with Crippen molar-refractivity contribution in [1.29, 1.82) is 0 Å². The molecule has 5 nitrogen and oxygen atoms in total. The van der Waals surface area contributed by atoms with Gasteiger partial charge in [0.05, 0.1) is 6.54 Å². The highest BCUT2D eigenvalue weighted by atomic mass is 16.1. The molecule has 2 aromatic carbocycles. The molecule has 0 bridgehead atoms. The number of carbonyl (C=O) groups excluding carboxylic acids is 1. The average Bonchev–Trinajstić information content (AvgIpc) is 2.62. The molecule has 126 valence electrons. The third-order valence-corrected chi connectivity index (χ3v) is 3.57. The molecular formula is C19H24N4O. The molecule has 24 heavy (non-hydrogen) atoms. The van der Waals surface area contributed by atoms with Crippen LogP contribution in [0.2, 0.25) is 0 Å². The number of amides is 1. The molecule has 2 aromatic rings. The summed E-state index contributed by atoms with van der Waals surface area (Å²) >= 11 is 0. The van der Waals surface area contributed by atoms with E-state index in [0.29, 0.717) is 18.7 Å². The van der Waals surface area contributed by atoms with E-state index in [-0.39, 0.29) is 5.91 Å². The minimum atomic E-state index is -0.0760. The fourth-order valence-corrected chi connectivity index (χ4v) is 2.20. The highest BCUT2D eigenvalue weighted by Crippen LogP contribution is 2.05. The van der Waals surface area contributed by atoms with Crippen LogP contribution >= 0.6 is 0 Å². The molecule has 0 unspecified atom stereocenters. The van der Waals surface area contributed by atoms with E-state index in [1.807, 2.05) is 61.5 Å². The van der Waals surface area contributed by atoms with Crippen molar-refractivity contribution in [2.24, 2.45) is 4.99 Å². The third-order valence-electron chi connectivity index (χ3n) is 3.57. The Morgan fingerprint density at radius 1 is 1.00 bits per heavy atom. The molecule has 0 saturated heterocycles. The van der Waals surface area contributed by atoms with E-state index in [1.165, 1.54) is 5.56 Å². The van der Waals surface area contributed by atoms with E-state index in [4.69, 9.17) is 0 Å². The second-order valence-corrected chi connectivity index (χ2v) is 5.65. The molecule has 0 saturated carbocycles. The molecule has 2 rings (SSSR count). The van der Waals surface area contributed by atoms with Crippen LogP contribution in [0.25, 0.3) is 0 Å². The van der Waals surface area contributed by atoms with Gasteiger partial charge in [0.2, 0.25) is 0 Å². The fraction of sp³-hybridized carbons (Fsp3) is 0.263. The highest BCUT2D eigenvalue weighted by molar-refractivity contribution is 5.93. The molecule has 0 aliphatic rings. The fourth-order valence-electron chi connectivity index (χ4n) is 2.20. The predicted octanol–water partition coefficient (Wildman–Crippen LogP) is 2.25. The zero-order chi connectivity index (χ0) is 17.4. The quantitative estimate of drug-likeness (QED) is 0.655. The van der Waals surface area contributed by atoms with E-state index in [2.05, 4.69) is 27.8 Å². The Bertz CT molecular complexity index is 678. The number of nitrogens with one attached hydrogen (secondary N) is 2. The number of aliphatic imine (C=N–C) groups is 1. The topological polar surface area (TPSA) is 56.7 Å². The minimum Gasteiger partial charge on any atom is -0.355 e. The summed E-state index contributed by atoms with van der Waals surface area (Å²) in [4.78, 5) is 18.1. The summed E-state index contributed by atoms with van der Waals surface area (Å²) in [6.45, 7) is 1.29. The first-order valence-electron chi connectivity index (χ1n) is 7.90. The van der Waals surface area contributed by atoms with Gasteiger partial charge in [-0.1, -0.05) is 42.5 Å². The molecule has 0 heterocycles. The van der Waals surface area contributed by atoms with Crippen molar-refractivity contribution >= 4 is 11.9 Å². The first kappa shape index (κ1) is 17.5. The molecular weight excluding hydrogens is 300 g/mol. The van der Waals surface area contributed by atoms with Crippen LogP contribution in [0.1, 0.15) is 21.5 Å². The van der Waals surface area contributed by atoms with Crippen LogP contribution in [-0.2, 0) is 13.1 Å². The van der Waals surface area contributed by atoms with Crippen LogP contribution in [-0.4, -0.2) is 37.9 Å². The van der Waals surface area contributed by atoms with E-state index in [0.717, 1.165) is 11.5 Å². The molecule has 5 heteroatoms.